The van der Waals surface area contributed by atoms with Crippen LogP contribution in [-0.4, -0.2) is 40.1 Å². The van der Waals surface area contributed by atoms with Crippen molar-refractivity contribution in [1.82, 2.24) is 4.90 Å². The van der Waals surface area contributed by atoms with E-state index >= 15 is 0 Å². The van der Waals surface area contributed by atoms with E-state index in [1.807, 2.05) is 0 Å². The van der Waals surface area contributed by atoms with E-state index in [1.165, 1.54) is 19.3 Å². The van der Waals surface area contributed by atoms with Gasteiger partial charge in [0.25, 0.3) is 0 Å². The fraction of sp³-hybridized carbons (Fsp3) is 0.917. The molecule has 0 amide bonds. The first-order valence-electron chi connectivity index (χ1n) is 6.12. The number of hydrogen-bond donors (Lipinski definition) is 2. The molecule has 3 unspecified atom stereocenters. The molecule has 0 radical (unpaired) electrons. The second kappa shape index (κ2) is 5.15. The van der Waals surface area contributed by atoms with Crippen molar-refractivity contribution in [3.8, 4) is 0 Å². The first-order valence-corrected chi connectivity index (χ1v) is 6.12. The summed E-state index contributed by atoms with van der Waals surface area (Å²) < 4.78 is 0. The molecule has 3 N–H and O–H groups in total. The number of nitrogens with two attached hydrogens (primary N) is 1. The zero-order valence-electron chi connectivity index (χ0n) is 10.6. The number of carbonyl (C=O) groups is 1. The minimum Gasteiger partial charge on any atom is -0.480 e. The third kappa shape index (κ3) is 3.19. The average molecular weight is 228 g/mol. The SMILES string of the molecule is CC1CCCCN1C(C)CC(C)(N)C(=O)O. The predicted octanol–water partition coefficient (Wildman–Crippen LogP) is 1.44. The summed E-state index contributed by atoms with van der Waals surface area (Å²) in [6, 6.07) is 0.787. The molecule has 3 atom stereocenters. The summed E-state index contributed by atoms with van der Waals surface area (Å²) in [6.45, 7) is 6.96. The van der Waals surface area contributed by atoms with Gasteiger partial charge in [-0.3, -0.25) is 9.69 Å². The Morgan fingerprint density at radius 1 is 1.62 bits per heavy atom. The summed E-state index contributed by atoms with van der Waals surface area (Å²) in [7, 11) is 0. The highest BCUT2D eigenvalue weighted by Gasteiger charge is 2.33. The van der Waals surface area contributed by atoms with E-state index in [0.29, 0.717) is 12.5 Å². The maximum Gasteiger partial charge on any atom is 0.323 e. The summed E-state index contributed by atoms with van der Waals surface area (Å²) >= 11 is 0. The van der Waals surface area contributed by atoms with Crippen LogP contribution in [0.5, 0.6) is 0 Å². The smallest absolute Gasteiger partial charge is 0.323 e. The number of nitrogens with zero attached hydrogens (tertiary/aromatic N) is 1. The maximum atomic E-state index is 11.0. The van der Waals surface area contributed by atoms with Gasteiger partial charge in [-0.1, -0.05) is 6.42 Å². The highest BCUT2D eigenvalue weighted by molar-refractivity contribution is 5.77. The largest absolute Gasteiger partial charge is 0.480 e. The predicted molar refractivity (Wildman–Crippen MR) is 64.3 cm³/mol. The van der Waals surface area contributed by atoms with E-state index in [4.69, 9.17) is 10.8 Å². The van der Waals surface area contributed by atoms with Gasteiger partial charge < -0.3 is 10.8 Å². The molecule has 0 aliphatic carbocycles. The Bertz CT molecular complexity index is 253. The van der Waals surface area contributed by atoms with Gasteiger partial charge in [0.2, 0.25) is 0 Å². The highest BCUT2D eigenvalue weighted by Crippen LogP contribution is 2.23. The zero-order chi connectivity index (χ0) is 12.3. The normalized spacial score (nSPS) is 28.4. The van der Waals surface area contributed by atoms with Crippen LogP contribution in [0.15, 0.2) is 0 Å². The molecule has 4 heteroatoms. The van der Waals surface area contributed by atoms with Crippen LogP contribution >= 0.6 is 0 Å². The van der Waals surface area contributed by atoms with Crippen LogP contribution in [0.3, 0.4) is 0 Å². The number of carboxylic acids is 1. The molecule has 0 bridgehead atoms. The van der Waals surface area contributed by atoms with Crippen LogP contribution in [-0.2, 0) is 4.79 Å². The first-order chi connectivity index (χ1) is 7.34. The standard InChI is InChI=1S/C12H24N2O2/c1-9-6-4-5-7-14(9)10(2)8-12(3,13)11(15)16/h9-10H,4-8,13H2,1-3H3,(H,15,16). The number of piperidine rings is 1. The van der Waals surface area contributed by atoms with Gasteiger partial charge in [-0.15, -0.1) is 0 Å². The quantitative estimate of drug-likeness (QED) is 0.764. The molecular weight excluding hydrogens is 204 g/mol. The van der Waals surface area contributed by atoms with E-state index < -0.39 is 11.5 Å². The van der Waals surface area contributed by atoms with Gasteiger partial charge in [-0.2, -0.15) is 0 Å². The van der Waals surface area contributed by atoms with Crippen molar-refractivity contribution in [1.29, 1.82) is 0 Å². The molecular formula is C12H24N2O2. The molecule has 0 spiro atoms. The summed E-state index contributed by atoms with van der Waals surface area (Å²) in [5, 5.41) is 9.01. The van der Waals surface area contributed by atoms with E-state index in [2.05, 4.69) is 18.7 Å². The summed E-state index contributed by atoms with van der Waals surface area (Å²) in [5.74, 6) is -0.913. The molecule has 0 saturated carbocycles. The summed E-state index contributed by atoms with van der Waals surface area (Å²) in [6.07, 6.45) is 4.21. The van der Waals surface area contributed by atoms with Crippen LogP contribution in [0.2, 0.25) is 0 Å². The maximum absolute atomic E-state index is 11.0. The van der Waals surface area contributed by atoms with Crippen molar-refractivity contribution in [2.75, 3.05) is 6.54 Å². The second-order valence-electron chi connectivity index (χ2n) is 5.36. The lowest BCUT2D eigenvalue weighted by molar-refractivity contribution is -0.143. The minimum atomic E-state index is -1.11. The fourth-order valence-corrected chi connectivity index (χ4v) is 2.59. The Kier molecular flexibility index (Phi) is 4.33. The van der Waals surface area contributed by atoms with E-state index in [-0.39, 0.29) is 6.04 Å². The van der Waals surface area contributed by atoms with Gasteiger partial charge in [0.1, 0.15) is 5.54 Å². The Morgan fingerprint density at radius 2 is 2.25 bits per heavy atom. The molecule has 1 rings (SSSR count). The van der Waals surface area contributed by atoms with Gasteiger partial charge in [-0.25, -0.2) is 0 Å². The minimum absolute atomic E-state index is 0.237. The Morgan fingerprint density at radius 3 is 2.75 bits per heavy atom. The first kappa shape index (κ1) is 13.5. The van der Waals surface area contributed by atoms with Crippen molar-refractivity contribution in [2.24, 2.45) is 5.73 Å². The molecule has 0 aromatic rings. The Labute approximate surface area is 97.8 Å². The summed E-state index contributed by atoms with van der Waals surface area (Å²) in [4.78, 5) is 13.4. The molecule has 0 aromatic heterocycles. The monoisotopic (exact) mass is 228 g/mol. The van der Waals surface area contributed by atoms with E-state index in [1.54, 1.807) is 6.92 Å². The summed E-state index contributed by atoms with van der Waals surface area (Å²) in [5.41, 5.74) is 4.67. The van der Waals surface area contributed by atoms with Crippen molar-refractivity contribution in [3.63, 3.8) is 0 Å². The van der Waals surface area contributed by atoms with Crippen LogP contribution in [0, 0.1) is 0 Å². The molecule has 16 heavy (non-hydrogen) atoms. The van der Waals surface area contributed by atoms with Crippen LogP contribution < -0.4 is 5.73 Å². The van der Waals surface area contributed by atoms with Crippen molar-refractivity contribution >= 4 is 5.97 Å². The van der Waals surface area contributed by atoms with E-state index in [9.17, 15) is 4.79 Å². The van der Waals surface area contributed by atoms with Gasteiger partial charge in [0.05, 0.1) is 0 Å². The van der Waals surface area contributed by atoms with Crippen molar-refractivity contribution in [2.45, 2.75) is 64.1 Å². The molecule has 94 valence electrons. The molecule has 1 saturated heterocycles. The molecule has 1 aliphatic rings. The van der Waals surface area contributed by atoms with Gasteiger partial charge >= 0.3 is 5.97 Å². The van der Waals surface area contributed by atoms with Gasteiger partial charge in [0.15, 0.2) is 0 Å². The lowest BCUT2D eigenvalue weighted by Crippen LogP contribution is -2.52. The molecule has 1 fully saturated rings. The molecule has 0 aromatic carbocycles. The van der Waals surface area contributed by atoms with Gasteiger partial charge in [0, 0.05) is 12.1 Å². The Balaban J connectivity index is 2.57. The lowest BCUT2D eigenvalue weighted by Gasteiger charge is -2.40. The number of rotatable bonds is 4. The number of likely N-dealkylation sites (tertiary alicyclic amines) is 1. The number of hydrogen-bond acceptors (Lipinski definition) is 3. The lowest BCUT2D eigenvalue weighted by atomic mass is 9.92. The third-order valence-corrected chi connectivity index (χ3v) is 3.63. The topological polar surface area (TPSA) is 66.6 Å². The second-order valence-corrected chi connectivity index (χ2v) is 5.36. The van der Waals surface area contributed by atoms with Crippen molar-refractivity contribution in [3.05, 3.63) is 0 Å². The van der Waals surface area contributed by atoms with Crippen molar-refractivity contribution < 1.29 is 9.90 Å². The molecule has 1 heterocycles. The van der Waals surface area contributed by atoms with Gasteiger partial charge in [-0.05, 0) is 46.6 Å². The zero-order valence-corrected chi connectivity index (χ0v) is 10.6. The number of aliphatic carboxylic acids is 1. The molecule has 1 aliphatic heterocycles. The van der Waals surface area contributed by atoms with E-state index in [0.717, 1.165) is 6.54 Å². The third-order valence-electron chi connectivity index (χ3n) is 3.63. The number of carboxylic acid groups (broad SMARTS) is 1. The van der Waals surface area contributed by atoms with Crippen LogP contribution in [0.25, 0.3) is 0 Å². The molecule has 4 nitrogen and oxygen atoms in total. The average Bonchev–Trinajstić information content (AvgIpc) is 2.17. The van der Waals surface area contributed by atoms with Crippen LogP contribution in [0.4, 0.5) is 0 Å². The highest BCUT2D eigenvalue weighted by atomic mass is 16.4. The van der Waals surface area contributed by atoms with Crippen LogP contribution in [0.1, 0.15) is 46.5 Å². The Hall–Kier alpha value is -0.610. The fourth-order valence-electron chi connectivity index (χ4n) is 2.59.